The first kappa shape index (κ1) is 19.8. The summed E-state index contributed by atoms with van der Waals surface area (Å²) in [5.41, 5.74) is 3.54. The molecule has 0 aromatic heterocycles. The molecule has 154 valence electrons. The van der Waals surface area contributed by atoms with Crippen LogP contribution in [0.15, 0.2) is 48.5 Å². The van der Waals surface area contributed by atoms with Crippen LogP contribution in [-0.4, -0.2) is 57.2 Å². The fourth-order valence-electron chi connectivity index (χ4n) is 4.24. The standard InChI is InChI=1S/C22H27N3O3S/c1-17-6-3-8-20(14-17)24-12-11-23(16-18(24)2)22(26)19-7-4-9-21(15-19)25-10-5-13-29(25,27)28/h3-4,6-9,14-15,18H,5,10-13,16H2,1-2H3. The molecule has 2 heterocycles. The van der Waals surface area contributed by atoms with Gasteiger partial charge in [0.2, 0.25) is 10.0 Å². The minimum atomic E-state index is -3.26. The first-order valence-corrected chi connectivity index (χ1v) is 11.7. The van der Waals surface area contributed by atoms with Gasteiger partial charge < -0.3 is 9.80 Å². The number of hydrogen-bond donors (Lipinski definition) is 0. The lowest BCUT2D eigenvalue weighted by Gasteiger charge is -2.41. The highest BCUT2D eigenvalue weighted by molar-refractivity contribution is 7.93. The molecule has 2 saturated heterocycles. The van der Waals surface area contributed by atoms with Crippen LogP contribution in [0.4, 0.5) is 11.4 Å². The molecule has 2 aromatic carbocycles. The maximum Gasteiger partial charge on any atom is 0.254 e. The molecule has 1 atom stereocenters. The summed E-state index contributed by atoms with van der Waals surface area (Å²) in [6.45, 7) is 6.75. The molecule has 0 bridgehead atoms. The molecule has 6 nitrogen and oxygen atoms in total. The average Bonchev–Trinajstić information content (AvgIpc) is 3.06. The number of hydrogen-bond acceptors (Lipinski definition) is 4. The molecule has 0 spiro atoms. The van der Waals surface area contributed by atoms with Crippen molar-refractivity contribution >= 4 is 27.3 Å². The fourth-order valence-corrected chi connectivity index (χ4v) is 5.79. The van der Waals surface area contributed by atoms with Gasteiger partial charge in [-0.1, -0.05) is 18.2 Å². The van der Waals surface area contributed by atoms with Gasteiger partial charge in [0.1, 0.15) is 0 Å². The molecule has 2 aromatic rings. The minimum Gasteiger partial charge on any atom is -0.365 e. The lowest BCUT2D eigenvalue weighted by atomic mass is 10.1. The van der Waals surface area contributed by atoms with Crippen molar-refractivity contribution < 1.29 is 13.2 Å². The van der Waals surface area contributed by atoms with Crippen LogP contribution in [0.2, 0.25) is 0 Å². The van der Waals surface area contributed by atoms with Crippen LogP contribution in [-0.2, 0) is 10.0 Å². The molecule has 1 unspecified atom stereocenters. The molecule has 2 aliphatic heterocycles. The molecule has 0 N–H and O–H groups in total. The molecule has 29 heavy (non-hydrogen) atoms. The third kappa shape index (κ3) is 3.96. The van der Waals surface area contributed by atoms with E-state index in [9.17, 15) is 13.2 Å². The maximum absolute atomic E-state index is 13.1. The van der Waals surface area contributed by atoms with E-state index in [4.69, 9.17) is 0 Å². The molecule has 0 radical (unpaired) electrons. The summed E-state index contributed by atoms with van der Waals surface area (Å²) < 4.78 is 25.8. The van der Waals surface area contributed by atoms with Gasteiger partial charge in [0.05, 0.1) is 11.4 Å². The van der Waals surface area contributed by atoms with E-state index in [1.807, 2.05) is 4.90 Å². The monoisotopic (exact) mass is 413 g/mol. The number of anilines is 2. The lowest BCUT2D eigenvalue weighted by Crippen LogP contribution is -2.53. The van der Waals surface area contributed by atoms with Gasteiger partial charge in [-0.2, -0.15) is 0 Å². The lowest BCUT2D eigenvalue weighted by molar-refractivity contribution is 0.0726. The van der Waals surface area contributed by atoms with Gasteiger partial charge in [0.15, 0.2) is 0 Å². The highest BCUT2D eigenvalue weighted by atomic mass is 32.2. The summed E-state index contributed by atoms with van der Waals surface area (Å²) in [6, 6.07) is 15.6. The molecular formula is C22H27N3O3S. The van der Waals surface area contributed by atoms with Crippen LogP contribution in [0.25, 0.3) is 0 Å². The Labute approximate surface area is 172 Å². The topological polar surface area (TPSA) is 60.9 Å². The van der Waals surface area contributed by atoms with E-state index in [1.165, 1.54) is 15.6 Å². The first-order valence-electron chi connectivity index (χ1n) is 10.1. The second kappa shape index (κ2) is 7.71. The SMILES string of the molecule is Cc1cccc(N2CCN(C(=O)c3cccc(N4CCCS4(=O)=O)c3)CC2C)c1. The highest BCUT2D eigenvalue weighted by Gasteiger charge is 2.30. The van der Waals surface area contributed by atoms with E-state index in [-0.39, 0.29) is 17.7 Å². The van der Waals surface area contributed by atoms with Gasteiger partial charge in [-0.05, 0) is 56.2 Å². The van der Waals surface area contributed by atoms with Crippen LogP contribution in [0, 0.1) is 6.92 Å². The van der Waals surface area contributed by atoms with Gasteiger partial charge in [-0.15, -0.1) is 0 Å². The van der Waals surface area contributed by atoms with Crippen LogP contribution >= 0.6 is 0 Å². The molecule has 0 saturated carbocycles. The van der Waals surface area contributed by atoms with Gasteiger partial charge in [0.25, 0.3) is 5.91 Å². The Hall–Kier alpha value is -2.54. The minimum absolute atomic E-state index is 0.0424. The van der Waals surface area contributed by atoms with Crippen LogP contribution in [0.1, 0.15) is 29.3 Å². The average molecular weight is 414 g/mol. The second-order valence-electron chi connectivity index (χ2n) is 7.92. The maximum atomic E-state index is 13.1. The van der Waals surface area contributed by atoms with Crippen LogP contribution in [0.5, 0.6) is 0 Å². The zero-order valence-electron chi connectivity index (χ0n) is 16.9. The van der Waals surface area contributed by atoms with Crippen molar-refractivity contribution in [3.8, 4) is 0 Å². The van der Waals surface area contributed by atoms with E-state index in [1.54, 1.807) is 24.3 Å². The number of carbonyl (C=O) groups is 1. The van der Waals surface area contributed by atoms with E-state index in [0.717, 1.165) is 6.54 Å². The molecule has 2 aliphatic rings. The quantitative estimate of drug-likeness (QED) is 0.776. The second-order valence-corrected chi connectivity index (χ2v) is 9.94. The van der Waals surface area contributed by atoms with Crippen molar-refractivity contribution in [3.05, 3.63) is 59.7 Å². The Morgan fingerprint density at radius 3 is 2.45 bits per heavy atom. The van der Waals surface area contributed by atoms with E-state index in [0.29, 0.717) is 37.3 Å². The summed E-state index contributed by atoms with van der Waals surface area (Å²) in [5.74, 6) is 0.128. The van der Waals surface area contributed by atoms with E-state index in [2.05, 4.69) is 43.0 Å². The summed E-state index contributed by atoms with van der Waals surface area (Å²) in [7, 11) is -3.26. The number of rotatable bonds is 3. The normalized spacial score (nSPS) is 21.4. The third-order valence-electron chi connectivity index (χ3n) is 5.73. The number of piperazine rings is 1. The first-order chi connectivity index (χ1) is 13.8. The van der Waals surface area contributed by atoms with E-state index >= 15 is 0 Å². The Morgan fingerprint density at radius 1 is 1.00 bits per heavy atom. The zero-order chi connectivity index (χ0) is 20.6. The number of aryl methyl sites for hydroxylation is 1. The van der Waals surface area contributed by atoms with Crippen molar-refractivity contribution in [1.82, 2.24) is 4.90 Å². The van der Waals surface area contributed by atoms with Gasteiger partial charge in [-0.3, -0.25) is 9.10 Å². The van der Waals surface area contributed by atoms with Crippen molar-refractivity contribution in [2.75, 3.05) is 41.1 Å². The zero-order valence-corrected chi connectivity index (χ0v) is 17.7. The number of amides is 1. The largest absolute Gasteiger partial charge is 0.365 e. The number of carbonyl (C=O) groups excluding carboxylic acids is 1. The predicted octanol–water partition coefficient (Wildman–Crippen LogP) is 2.89. The van der Waals surface area contributed by atoms with Crippen molar-refractivity contribution in [1.29, 1.82) is 0 Å². The highest BCUT2D eigenvalue weighted by Crippen LogP contribution is 2.26. The summed E-state index contributed by atoms with van der Waals surface area (Å²) in [4.78, 5) is 17.3. The van der Waals surface area contributed by atoms with Crippen molar-refractivity contribution in [2.24, 2.45) is 0 Å². The molecule has 4 rings (SSSR count). The van der Waals surface area contributed by atoms with Crippen LogP contribution in [0.3, 0.4) is 0 Å². The van der Waals surface area contributed by atoms with Gasteiger partial charge >= 0.3 is 0 Å². The predicted molar refractivity (Wildman–Crippen MR) is 116 cm³/mol. The molecule has 0 aliphatic carbocycles. The van der Waals surface area contributed by atoms with Crippen molar-refractivity contribution in [2.45, 2.75) is 26.3 Å². The number of sulfonamides is 1. The van der Waals surface area contributed by atoms with Crippen molar-refractivity contribution in [3.63, 3.8) is 0 Å². The molecule has 1 amide bonds. The third-order valence-corrected chi connectivity index (χ3v) is 7.60. The Kier molecular flexibility index (Phi) is 5.25. The Bertz CT molecular complexity index is 1020. The van der Waals surface area contributed by atoms with Gasteiger partial charge in [-0.25, -0.2) is 8.42 Å². The fraction of sp³-hybridized carbons (Fsp3) is 0.409. The summed E-state index contributed by atoms with van der Waals surface area (Å²) in [6.07, 6.45) is 0.624. The summed E-state index contributed by atoms with van der Waals surface area (Å²) in [5, 5.41) is 0. The molecule has 7 heteroatoms. The smallest absolute Gasteiger partial charge is 0.254 e. The number of benzene rings is 2. The molecular weight excluding hydrogens is 386 g/mol. The van der Waals surface area contributed by atoms with Gasteiger partial charge in [0, 0.05) is 43.5 Å². The Balaban J connectivity index is 1.49. The Morgan fingerprint density at radius 2 is 1.76 bits per heavy atom. The van der Waals surface area contributed by atoms with Crippen LogP contribution < -0.4 is 9.21 Å². The summed E-state index contributed by atoms with van der Waals surface area (Å²) >= 11 is 0. The molecule has 2 fully saturated rings. The number of nitrogens with zero attached hydrogens (tertiary/aromatic N) is 3. The van der Waals surface area contributed by atoms with E-state index < -0.39 is 10.0 Å².